The zero-order valence-corrected chi connectivity index (χ0v) is 18.5. The van der Waals surface area contributed by atoms with Crippen molar-refractivity contribution in [3.05, 3.63) is 21.8 Å². The standard InChI is InChI=1S/C16H23I3/c1-5-11(17)8-13-10(2)12-6-7-16(18,19)9-14(12)15(13,3)4/h5,12-14H,2,6-9H2,1,3-4H3/b11-5+. The number of hydrogen-bond acceptors (Lipinski definition) is 0. The topological polar surface area (TPSA) is 0 Å². The Morgan fingerprint density at radius 1 is 1.42 bits per heavy atom. The first-order valence-electron chi connectivity index (χ1n) is 7.06. The Hall–Kier alpha value is 1.67. The predicted octanol–water partition coefficient (Wildman–Crippen LogP) is 6.91. The lowest BCUT2D eigenvalue weighted by atomic mass is 9.69. The first kappa shape index (κ1) is 17.0. The maximum absolute atomic E-state index is 4.52. The van der Waals surface area contributed by atoms with Crippen LogP contribution in [0.15, 0.2) is 21.8 Å². The maximum Gasteiger partial charge on any atom is 0.0738 e. The molecule has 0 nitrogen and oxygen atoms in total. The molecule has 3 unspecified atom stereocenters. The Morgan fingerprint density at radius 3 is 2.63 bits per heavy atom. The average Bonchev–Trinajstić information content (AvgIpc) is 2.49. The molecule has 0 amide bonds. The zero-order valence-electron chi connectivity index (χ0n) is 12.0. The van der Waals surface area contributed by atoms with Crippen molar-refractivity contribution < 1.29 is 0 Å². The van der Waals surface area contributed by atoms with Crippen molar-refractivity contribution in [2.24, 2.45) is 23.2 Å². The zero-order chi connectivity index (χ0) is 14.4. The highest BCUT2D eigenvalue weighted by Gasteiger charge is 2.54. The van der Waals surface area contributed by atoms with E-state index in [-0.39, 0.29) is 0 Å². The second-order valence-electron chi connectivity index (χ2n) is 6.70. The Balaban J connectivity index is 2.27. The van der Waals surface area contributed by atoms with E-state index in [2.05, 4.69) is 101 Å². The molecule has 19 heavy (non-hydrogen) atoms. The first-order chi connectivity index (χ1) is 8.69. The van der Waals surface area contributed by atoms with Gasteiger partial charge in [-0.25, -0.2) is 0 Å². The molecular weight excluding hydrogens is 573 g/mol. The van der Waals surface area contributed by atoms with Crippen molar-refractivity contribution in [2.75, 3.05) is 0 Å². The molecule has 0 spiro atoms. The van der Waals surface area contributed by atoms with Gasteiger partial charge >= 0.3 is 0 Å². The lowest BCUT2D eigenvalue weighted by Crippen LogP contribution is -2.35. The largest absolute Gasteiger partial charge is 0.0993 e. The van der Waals surface area contributed by atoms with Crippen LogP contribution in [0, 0.1) is 23.2 Å². The predicted molar refractivity (Wildman–Crippen MR) is 110 cm³/mol. The summed E-state index contributed by atoms with van der Waals surface area (Å²) < 4.78 is 1.96. The van der Waals surface area contributed by atoms with Crippen LogP contribution >= 0.6 is 67.8 Å². The van der Waals surface area contributed by atoms with E-state index in [9.17, 15) is 0 Å². The summed E-state index contributed by atoms with van der Waals surface area (Å²) in [7, 11) is 0. The molecule has 2 aliphatic rings. The summed E-state index contributed by atoms with van der Waals surface area (Å²) in [5, 5.41) is 0. The van der Waals surface area contributed by atoms with E-state index >= 15 is 0 Å². The highest BCUT2D eigenvalue weighted by Crippen LogP contribution is 2.63. The molecule has 0 aromatic heterocycles. The van der Waals surface area contributed by atoms with E-state index in [4.69, 9.17) is 0 Å². The second-order valence-corrected chi connectivity index (χ2v) is 14.3. The minimum Gasteiger partial charge on any atom is -0.0993 e. The molecule has 108 valence electrons. The van der Waals surface area contributed by atoms with Gasteiger partial charge in [-0.05, 0) is 81.9 Å². The Labute approximate surface area is 159 Å². The molecule has 2 rings (SSSR count). The molecule has 0 aromatic carbocycles. The lowest BCUT2D eigenvalue weighted by molar-refractivity contribution is 0.138. The number of alkyl halides is 2. The van der Waals surface area contributed by atoms with Crippen LogP contribution in [0.2, 0.25) is 0 Å². The number of halogens is 3. The van der Waals surface area contributed by atoms with Crippen molar-refractivity contribution in [3.8, 4) is 0 Å². The molecule has 3 atom stereocenters. The molecule has 2 fully saturated rings. The van der Waals surface area contributed by atoms with E-state index in [0.717, 1.165) is 11.8 Å². The van der Waals surface area contributed by atoms with Gasteiger partial charge in [0.2, 0.25) is 0 Å². The lowest BCUT2D eigenvalue weighted by Gasteiger charge is -2.41. The molecule has 0 saturated heterocycles. The number of fused-ring (bicyclic) bond motifs is 1. The highest BCUT2D eigenvalue weighted by atomic mass is 127. The molecule has 0 heterocycles. The van der Waals surface area contributed by atoms with E-state index in [0.29, 0.717) is 12.8 Å². The van der Waals surface area contributed by atoms with Gasteiger partial charge in [0.05, 0.1) is 1.43 Å². The van der Waals surface area contributed by atoms with Crippen LogP contribution in [0.3, 0.4) is 0 Å². The average molecular weight is 596 g/mol. The summed E-state index contributed by atoms with van der Waals surface area (Å²) >= 11 is 7.85. The first-order valence-corrected chi connectivity index (χ1v) is 10.3. The maximum atomic E-state index is 4.52. The fourth-order valence-electron chi connectivity index (χ4n) is 4.06. The molecule has 0 radical (unpaired) electrons. The molecule has 0 N–H and O–H groups in total. The molecule has 0 aliphatic heterocycles. The van der Waals surface area contributed by atoms with Crippen LogP contribution in [0.4, 0.5) is 0 Å². The Morgan fingerprint density at radius 2 is 2.05 bits per heavy atom. The smallest absolute Gasteiger partial charge is 0.0738 e. The third kappa shape index (κ3) is 3.37. The van der Waals surface area contributed by atoms with Crippen molar-refractivity contribution >= 4 is 67.8 Å². The van der Waals surface area contributed by atoms with Crippen LogP contribution in [-0.4, -0.2) is 1.43 Å². The molecule has 0 bridgehead atoms. The monoisotopic (exact) mass is 596 g/mol. The summed E-state index contributed by atoms with van der Waals surface area (Å²) in [6.07, 6.45) is 7.51. The van der Waals surface area contributed by atoms with Gasteiger partial charge in [0.15, 0.2) is 0 Å². The van der Waals surface area contributed by atoms with E-state index < -0.39 is 0 Å². The van der Waals surface area contributed by atoms with Crippen LogP contribution in [0.1, 0.15) is 46.5 Å². The quantitative estimate of drug-likeness (QED) is 0.185. The summed E-state index contributed by atoms with van der Waals surface area (Å²) in [4.78, 5) is 0. The van der Waals surface area contributed by atoms with Crippen molar-refractivity contribution in [2.45, 2.75) is 47.9 Å². The summed E-state index contributed by atoms with van der Waals surface area (Å²) in [6, 6.07) is 0. The second kappa shape index (κ2) is 6.05. The number of hydrogen-bond donors (Lipinski definition) is 0. The van der Waals surface area contributed by atoms with Gasteiger partial charge in [0, 0.05) is 0 Å². The third-order valence-electron chi connectivity index (χ3n) is 5.32. The fourth-order valence-corrected chi connectivity index (χ4v) is 6.07. The molecule has 0 aromatic rings. The van der Waals surface area contributed by atoms with Gasteiger partial charge in [-0.1, -0.05) is 77.3 Å². The van der Waals surface area contributed by atoms with Crippen LogP contribution in [-0.2, 0) is 0 Å². The van der Waals surface area contributed by atoms with E-state index in [1.807, 2.05) is 0 Å². The number of rotatable bonds is 2. The van der Waals surface area contributed by atoms with Crippen LogP contribution < -0.4 is 0 Å². The summed E-state index contributed by atoms with van der Waals surface area (Å²) in [5.41, 5.74) is 1.96. The molecule has 3 heteroatoms. The van der Waals surface area contributed by atoms with E-state index in [1.165, 1.54) is 29.3 Å². The van der Waals surface area contributed by atoms with Gasteiger partial charge in [-0.3, -0.25) is 0 Å². The van der Waals surface area contributed by atoms with Gasteiger partial charge in [0.25, 0.3) is 0 Å². The van der Waals surface area contributed by atoms with Crippen molar-refractivity contribution in [3.63, 3.8) is 0 Å². The highest BCUT2D eigenvalue weighted by molar-refractivity contribution is 14.2. The summed E-state index contributed by atoms with van der Waals surface area (Å²) in [5.74, 6) is 2.28. The van der Waals surface area contributed by atoms with Crippen molar-refractivity contribution in [1.29, 1.82) is 0 Å². The third-order valence-corrected chi connectivity index (χ3v) is 8.34. The SMILES string of the molecule is C=C1C2CCC(I)(I)CC2C(C)(C)C1C/C(I)=C\C. The van der Waals surface area contributed by atoms with Crippen LogP contribution in [0.5, 0.6) is 0 Å². The Bertz CT molecular complexity index is 406. The number of allylic oxidation sites excluding steroid dienone is 3. The fraction of sp³-hybridized carbons (Fsp3) is 0.750. The summed E-state index contributed by atoms with van der Waals surface area (Å²) in [6.45, 7) is 11.6. The van der Waals surface area contributed by atoms with Gasteiger partial charge in [-0.15, -0.1) is 0 Å². The normalized spacial score (nSPS) is 37.3. The molecule has 2 saturated carbocycles. The minimum absolute atomic E-state index is 0.406. The van der Waals surface area contributed by atoms with E-state index in [1.54, 1.807) is 5.57 Å². The van der Waals surface area contributed by atoms with Crippen molar-refractivity contribution in [1.82, 2.24) is 0 Å². The van der Waals surface area contributed by atoms with Gasteiger partial charge < -0.3 is 0 Å². The van der Waals surface area contributed by atoms with Gasteiger partial charge in [-0.2, -0.15) is 0 Å². The minimum atomic E-state index is 0.406. The van der Waals surface area contributed by atoms with Gasteiger partial charge in [0.1, 0.15) is 0 Å². The molecular formula is C16H23I3. The molecule has 2 aliphatic carbocycles. The Kier molecular flexibility index (Phi) is 5.42. The van der Waals surface area contributed by atoms with Crippen LogP contribution in [0.25, 0.3) is 0 Å².